The molecule has 2 aliphatic carbocycles. The molecule has 0 atom stereocenters. The van der Waals surface area contributed by atoms with Gasteiger partial charge in [-0.1, -0.05) is 6.42 Å². The molecule has 1 aromatic heterocycles. The molecule has 1 aromatic rings. The lowest BCUT2D eigenvalue weighted by Gasteiger charge is -2.42. The Morgan fingerprint density at radius 1 is 1.43 bits per heavy atom. The van der Waals surface area contributed by atoms with Crippen molar-refractivity contribution in [3.8, 4) is 0 Å². The summed E-state index contributed by atoms with van der Waals surface area (Å²) in [5.41, 5.74) is 1.92. The quantitative estimate of drug-likeness (QED) is 0.624. The number of carbonyl (C=O) groups is 1. The first kappa shape index (κ1) is 8.21. The lowest BCUT2D eigenvalue weighted by atomic mass is 9.60. The minimum atomic E-state index is 0.0238. The van der Waals surface area contributed by atoms with Crippen LogP contribution < -0.4 is 0 Å². The molecule has 0 aliphatic heterocycles. The number of hydrogen-bond acceptors (Lipinski definition) is 2. The maximum atomic E-state index is 12.2. The molecule has 0 radical (unpaired) electrons. The average Bonchev–Trinajstić information content (AvgIpc) is 2.44. The van der Waals surface area contributed by atoms with Gasteiger partial charge in [0.25, 0.3) is 0 Å². The van der Waals surface area contributed by atoms with Crippen LogP contribution in [0.3, 0.4) is 0 Å². The Morgan fingerprint density at radius 3 is 2.86 bits per heavy atom. The van der Waals surface area contributed by atoms with Crippen molar-refractivity contribution in [3.05, 3.63) is 17.5 Å². The van der Waals surface area contributed by atoms with Crippen molar-refractivity contribution in [2.45, 2.75) is 32.1 Å². The molecule has 1 fully saturated rings. The number of nitrogens with zero attached hydrogens (tertiary/aromatic N) is 2. The van der Waals surface area contributed by atoms with E-state index >= 15 is 0 Å². The van der Waals surface area contributed by atoms with Gasteiger partial charge in [0.1, 0.15) is 0 Å². The van der Waals surface area contributed by atoms with Gasteiger partial charge in [-0.3, -0.25) is 9.48 Å². The Morgan fingerprint density at radius 2 is 2.21 bits per heavy atom. The highest BCUT2D eigenvalue weighted by Crippen LogP contribution is 2.49. The zero-order valence-electron chi connectivity index (χ0n) is 8.42. The molecule has 0 aromatic carbocycles. The second-order valence-electron chi connectivity index (χ2n) is 4.63. The van der Waals surface area contributed by atoms with Crippen molar-refractivity contribution >= 4 is 5.78 Å². The van der Waals surface area contributed by atoms with Crippen LogP contribution in [0.1, 0.15) is 41.7 Å². The van der Waals surface area contributed by atoms with Crippen LogP contribution in [0.15, 0.2) is 6.20 Å². The van der Waals surface area contributed by atoms with E-state index in [4.69, 9.17) is 0 Å². The molecule has 0 amide bonds. The van der Waals surface area contributed by atoms with Crippen LogP contribution in [0.5, 0.6) is 0 Å². The Kier molecular flexibility index (Phi) is 1.45. The van der Waals surface area contributed by atoms with E-state index in [9.17, 15) is 4.79 Å². The molecular weight excluding hydrogens is 176 g/mol. The monoisotopic (exact) mass is 190 g/mol. The van der Waals surface area contributed by atoms with Gasteiger partial charge in [0.15, 0.2) is 5.78 Å². The van der Waals surface area contributed by atoms with Crippen LogP contribution in [0.2, 0.25) is 0 Å². The molecule has 14 heavy (non-hydrogen) atoms. The number of Topliss-reactive ketones (excluding diaryl/α,β-unsaturated/α-hetero) is 1. The Bertz CT molecular complexity index is 401. The van der Waals surface area contributed by atoms with Gasteiger partial charge in [-0.05, 0) is 25.7 Å². The molecule has 2 aliphatic rings. The van der Waals surface area contributed by atoms with Crippen LogP contribution in [-0.2, 0) is 13.5 Å². The molecule has 0 N–H and O–H groups in total. The van der Waals surface area contributed by atoms with Crippen molar-refractivity contribution in [2.75, 3.05) is 0 Å². The fraction of sp³-hybridized carbons (Fsp3) is 0.636. The molecule has 3 nitrogen and oxygen atoms in total. The zero-order valence-corrected chi connectivity index (χ0v) is 8.42. The molecule has 0 bridgehead atoms. The second-order valence-corrected chi connectivity index (χ2v) is 4.63. The Labute approximate surface area is 83.1 Å². The van der Waals surface area contributed by atoms with Crippen molar-refractivity contribution < 1.29 is 4.79 Å². The third kappa shape index (κ3) is 0.873. The van der Waals surface area contributed by atoms with Crippen molar-refractivity contribution in [1.29, 1.82) is 0 Å². The van der Waals surface area contributed by atoms with Crippen LogP contribution in [0, 0.1) is 5.41 Å². The third-order valence-electron chi connectivity index (χ3n) is 3.78. The van der Waals surface area contributed by atoms with Gasteiger partial charge in [0, 0.05) is 18.7 Å². The summed E-state index contributed by atoms with van der Waals surface area (Å²) in [5.74, 6) is 0.359. The SMILES string of the molecule is Cn1cc2c(n1)CCC1(CCC1)C2=O. The summed E-state index contributed by atoms with van der Waals surface area (Å²) in [7, 11) is 1.89. The zero-order chi connectivity index (χ0) is 9.76. The number of carbonyl (C=O) groups excluding carboxylic acids is 1. The fourth-order valence-electron chi connectivity index (χ4n) is 2.75. The highest BCUT2D eigenvalue weighted by Gasteiger charge is 2.47. The number of hydrogen-bond donors (Lipinski definition) is 0. The van der Waals surface area contributed by atoms with E-state index in [0.29, 0.717) is 5.78 Å². The van der Waals surface area contributed by atoms with Gasteiger partial charge in [-0.15, -0.1) is 0 Å². The standard InChI is InChI=1S/C11H14N2O/c1-13-7-8-9(12-13)3-6-11(10(8)14)4-2-5-11/h7H,2-6H2,1H3. The van der Waals surface area contributed by atoms with Crippen LogP contribution in [0.4, 0.5) is 0 Å². The topological polar surface area (TPSA) is 34.9 Å². The predicted octanol–water partition coefficient (Wildman–Crippen LogP) is 1.72. The number of rotatable bonds is 0. The van der Waals surface area contributed by atoms with E-state index < -0.39 is 0 Å². The minimum absolute atomic E-state index is 0.0238. The van der Waals surface area contributed by atoms with E-state index in [1.54, 1.807) is 4.68 Å². The molecule has 1 heterocycles. The van der Waals surface area contributed by atoms with E-state index in [1.165, 1.54) is 6.42 Å². The van der Waals surface area contributed by atoms with E-state index in [0.717, 1.165) is 36.9 Å². The first-order chi connectivity index (χ1) is 6.71. The summed E-state index contributed by atoms with van der Waals surface area (Å²) in [6.07, 6.45) is 7.32. The lowest BCUT2D eigenvalue weighted by molar-refractivity contribution is 0.0554. The average molecular weight is 190 g/mol. The first-order valence-electron chi connectivity index (χ1n) is 5.29. The van der Waals surface area contributed by atoms with Gasteiger partial charge in [-0.25, -0.2) is 0 Å². The Hall–Kier alpha value is -1.12. The van der Waals surface area contributed by atoms with Gasteiger partial charge in [0.2, 0.25) is 0 Å². The highest BCUT2D eigenvalue weighted by atomic mass is 16.1. The minimum Gasteiger partial charge on any atom is -0.293 e. The van der Waals surface area contributed by atoms with Gasteiger partial charge < -0.3 is 0 Å². The third-order valence-corrected chi connectivity index (χ3v) is 3.78. The van der Waals surface area contributed by atoms with Crippen LogP contribution in [0.25, 0.3) is 0 Å². The maximum Gasteiger partial charge on any atom is 0.172 e. The van der Waals surface area contributed by atoms with Crippen LogP contribution in [-0.4, -0.2) is 15.6 Å². The summed E-state index contributed by atoms with van der Waals surface area (Å²) in [5, 5.41) is 4.32. The van der Waals surface area contributed by atoms with Crippen molar-refractivity contribution in [1.82, 2.24) is 9.78 Å². The van der Waals surface area contributed by atoms with Crippen molar-refractivity contribution in [2.24, 2.45) is 12.5 Å². The molecule has 0 saturated heterocycles. The van der Waals surface area contributed by atoms with E-state index in [2.05, 4.69) is 5.10 Å². The van der Waals surface area contributed by atoms with Crippen LogP contribution >= 0.6 is 0 Å². The predicted molar refractivity (Wildman–Crippen MR) is 52.1 cm³/mol. The smallest absolute Gasteiger partial charge is 0.172 e. The molecule has 3 heteroatoms. The molecule has 74 valence electrons. The summed E-state index contributed by atoms with van der Waals surface area (Å²) in [4.78, 5) is 12.2. The maximum absolute atomic E-state index is 12.2. The van der Waals surface area contributed by atoms with Gasteiger partial charge in [-0.2, -0.15) is 5.10 Å². The molecule has 0 unspecified atom stereocenters. The normalized spacial score (nSPS) is 23.4. The summed E-state index contributed by atoms with van der Waals surface area (Å²) < 4.78 is 1.76. The van der Waals surface area contributed by atoms with E-state index in [-0.39, 0.29) is 5.41 Å². The fourth-order valence-corrected chi connectivity index (χ4v) is 2.75. The van der Waals surface area contributed by atoms with Crippen molar-refractivity contribution in [3.63, 3.8) is 0 Å². The number of fused-ring (bicyclic) bond motifs is 1. The summed E-state index contributed by atoms with van der Waals surface area (Å²) >= 11 is 0. The molecule has 1 spiro atoms. The highest BCUT2D eigenvalue weighted by molar-refractivity contribution is 6.02. The molecule has 1 saturated carbocycles. The summed E-state index contributed by atoms with van der Waals surface area (Å²) in [6, 6.07) is 0. The van der Waals surface area contributed by atoms with E-state index in [1.807, 2.05) is 13.2 Å². The Balaban J connectivity index is 2.06. The van der Waals surface area contributed by atoms with Gasteiger partial charge in [0.05, 0.1) is 11.3 Å². The number of ketones is 1. The second kappa shape index (κ2) is 2.47. The largest absolute Gasteiger partial charge is 0.293 e. The summed E-state index contributed by atoms with van der Waals surface area (Å²) in [6.45, 7) is 0. The number of aryl methyl sites for hydroxylation is 2. The first-order valence-corrected chi connectivity index (χ1v) is 5.29. The molecular formula is C11H14N2O. The molecule has 3 rings (SSSR count). The lowest BCUT2D eigenvalue weighted by Crippen LogP contribution is -2.41. The van der Waals surface area contributed by atoms with Gasteiger partial charge >= 0.3 is 0 Å². The number of aromatic nitrogens is 2.